The third-order valence-corrected chi connectivity index (χ3v) is 4.32. The normalized spacial score (nSPS) is 11.9. The van der Waals surface area contributed by atoms with Crippen LogP contribution in [0.2, 0.25) is 0 Å². The number of aryl methyl sites for hydroxylation is 1. The minimum atomic E-state index is -1.23. The van der Waals surface area contributed by atoms with E-state index >= 15 is 0 Å². The van der Waals surface area contributed by atoms with E-state index in [9.17, 15) is 4.21 Å². The van der Waals surface area contributed by atoms with Crippen molar-refractivity contribution in [1.29, 1.82) is 0 Å². The molecule has 3 nitrogen and oxygen atoms in total. The molecule has 100 valence electrons. The van der Waals surface area contributed by atoms with Gasteiger partial charge in [0.2, 0.25) is 0 Å². The molecule has 1 unspecified atom stereocenters. The van der Waals surface area contributed by atoms with Crippen molar-refractivity contribution in [3.8, 4) is 5.75 Å². The SMILES string of the molecule is CNc1ccc(S(=O)c2ccc(C)cc2)c(OC)c1. The third kappa shape index (κ3) is 2.96. The van der Waals surface area contributed by atoms with Crippen LogP contribution in [-0.2, 0) is 10.8 Å². The first-order valence-corrected chi connectivity index (χ1v) is 7.15. The lowest BCUT2D eigenvalue weighted by Crippen LogP contribution is -1.98. The molecule has 0 aromatic heterocycles. The summed E-state index contributed by atoms with van der Waals surface area (Å²) in [4.78, 5) is 1.46. The lowest BCUT2D eigenvalue weighted by molar-refractivity contribution is 0.404. The molecule has 2 aromatic carbocycles. The molecule has 4 heteroatoms. The van der Waals surface area contributed by atoms with Gasteiger partial charge in [-0.3, -0.25) is 0 Å². The second kappa shape index (κ2) is 5.89. The van der Waals surface area contributed by atoms with E-state index in [2.05, 4.69) is 5.32 Å². The van der Waals surface area contributed by atoms with E-state index in [-0.39, 0.29) is 0 Å². The maximum absolute atomic E-state index is 12.5. The molecule has 0 heterocycles. The topological polar surface area (TPSA) is 38.3 Å². The quantitative estimate of drug-likeness (QED) is 0.931. The molecule has 0 aliphatic carbocycles. The number of benzene rings is 2. The van der Waals surface area contributed by atoms with Crippen molar-refractivity contribution in [2.24, 2.45) is 0 Å². The summed E-state index contributed by atoms with van der Waals surface area (Å²) in [5.74, 6) is 0.630. The Morgan fingerprint density at radius 3 is 2.37 bits per heavy atom. The van der Waals surface area contributed by atoms with E-state index < -0.39 is 10.8 Å². The van der Waals surface area contributed by atoms with Gasteiger partial charge in [0.15, 0.2) is 0 Å². The van der Waals surface area contributed by atoms with Crippen molar-refractivity contribution in [1.82, 2.24) is 0 Å². The van der Waals surface area contributed by atoms with Crippen molar-refractivity contribution in [2.75, 3.05) is 19.5 Å². The van der Waals surface area contributed by atoms with Crippen LogP contribution < -0.4 is 10.1 Å². The lowest BCUT2D eigenvalue weighted by atomic mass is 10.2. The van der Waals surface area contributed by atoms with Gasteiger partial charge in [0.1, 0.15) is 5.75 Å². The molecule has 1 N–H and O–H groups in total. The van der Waals surface area contributed by atoms with Crippen LogP contribution in [0.1, 0.15) is 5.56 Å². The van der Waals surface area contributed by atoms with Crippen molar-refractivity contribution in [3.63, 3.8) is 0 Å². The van der Waals surface area contributed by atoms with Crippen LogP contribution in [0.15, 0.2) is 52.3 Å². The Kier molecular flexibility index (Phi) is 4.22. The highest BCUT2D eigenvalue weighted by molar-refractivity contribution is 7.85. The molecule has 0 aliphatic rings. The van der Waals surface area contributed by atoms with Gasteiger partial charge in [-0.15, -0.1) is 0 Å². The van der Waals surface area contributed by atoms with Crippen molar-refractivity contribution >= 4 is 16.5 Å². The number of rotatable bonds is 4. The monoisotopic (exact) mass is 275 g/mol. The summed E-state index contributed by atoms with van der Waals surface area (Å²) in [6, 6.07) is 13.3. The average molecular weight is 275 g/mol. The highest BCUT2D eigenvalue weighted by Crippen LogP contribution is 2.29. The minimum absolute atomic E-state index is 0.630. The van der Waals surface area contributed by atoms with Gasteiger partial charge in [-0.1, -0.05) is 17.7 Å². The Hall–Kier alpha value is -1.81. The smallest absolute Gasteiger partial charge is 0.137 e. The molecular formula is C15H17NO2S. The number of hydrogen-bond acceptors (Lipinski definition) is 3. The Morgan fingerprint density at radius 2 is 1.79 bits per heavy atom. The van der Waals surface area contributed by atoms with Crippen LogP contribution in [0, 0.1) is 6.92 Å². The lowest BCUT2D eigenvalue weighted by Gasteiger charge is -2.10. The summed E-state index contributed by atoms with van der Waals surface area (Å²) in [5, 5.41) is 3.04. The van der Waals surface area contributed by atoms with E-state index in [1.807, 2.05) is 56.4 Å². The van der Waals surface area contributed by atoms with Gasteiger partial charge >= 0.3 is 0 Å². The molecule has 0 saturated heterocycles. The van der Waals surface area contributed by atoms with Gasteiger partial charge < -0.3 is 10.1 Å². The zero-order valence-corrected chi connectivity index (χ0v) is 12.1. The summed E-state index contributed by atoms with van der Waals surface area (Å²) in [5.41, 5.74) is 2.08. The molecule has 0 radical (unpaired) electrons. The van der Waals surface area contributed by atoms with Gasteiger partial charge in [0.25, 0.3) is 0 Å². The standard InChI is InChI=1S/C15H17NO2S/c1-11-4-7-13(8-5-11)19(17)15-9-6-12(16-2)10-14(15)18-3/h4-10,16H,1-3H3. The predicted octanol–water partition coefficient (Wildman–Crippen LogP) is 3.21. The third-order valence-electron chi connectivity index (χ3n) is 2.89. The summed E-state index contributed by atoms with van der Waals surface area (Å²) >= 11 is 0. The van der Waals surface area contributed by atoms with Gasteiger partial charge in [0.05, 0.1) is 22.8 Å². The van der Waals surface area contributed by atoms with Crippen molar-refractivity contribution in [3.05, 3.63) is 48.0 Å². The minimum Gasteiger partial charge on any atom is -0.495 e. The van der Waals surface area contributed by atoms with E-state index in [0.29, 0.717) is 10.6 Å². The van der Waals surface area contributed by atoms with Crippen molar-refractivity contribution < 1.29 is 8.95 Å². The molecule has 1 atom stereocenters. The molecule has 0 saturated carbocycles. The average Bonchev–Trinajstić information content (AvgIpc) is 2.46. The summed E-state index contributed by atoms with van der Waals surface area (Å²) in [6.07, 6.45) is 0. The number of methoxy groups -OCH3 is 1. The Morgan fingerprint density at radius 1 is 1.11 bits per heavy atom. The highest BCUT2D eigenvalue weighted by Gasteiger charge is 2.13. The number of hydrogen-bond donors (Lipinski definition) is 1. The summed E-state index contributed by atoms with van der Waals surface area (Å²) < 4.78 is 17.9. The summed E-state index contributed by atoms with van der Waals surface area (Å²) in [7, 11) is 2.20. The van der Waals surface area contributed by atoms with Crippen LogP contribution in [0.3, 0.4) is 0 Å². The number of anilines is 1. The maximum atomic E-state index is 12.5. The number of ether oxygens (including phenoxy) is 1. The fourth-order valence-electron chi connectivity index (χ4n) is 1.77. The molecule has 2 aromatic rings. The van der Waals surface area contributed by atoms with E-state index in [0.717, 1.165) is 16.1 Å². The highest BCUT2D eigenvalue weighted by atomic mass is 32.2. The maximum Gasteiger partial charge on any atom is 0.137 e. The zero-order valence-electron chi connectivity index (χ0n) is 11.3. The molecule has 0 spiro atoms. The first-order valence-electron chi connectivity index (χ1n) is 6.00. The molecule has 0 aliphatic heterocycles. The molecule has 19 heavy (non-hydrogen) atoms. The van der Waals surface area contributed by atoms with Crippen LogP contribution in [0.25, 0.3) is 0 Å². The first kappa shape index (κ1) is 13.6. The van der Waals surface area contributed by atoms with Gasteiger partial charge in [-0.2, -0.15) is 0 Å². The van der Waals surface area contributed by atoms with E-state index in [1.165, 1.54) is 0 Å². The Balaban J connectivity index is 2.40. The van der Waals surface area contributed by atoms with Crippen molar-refractivity contribution in [2.45, 2.75) is 16.7 Å². The van der Waals surface area contributed by atoms with Gasteiger partial charge in [-0.05, 0) is 31.2 Å². The molecular weight excluding hydrogens is 258 g/mol. The van der Waals surface area contributed by atoms with E-state index in [1.54, 1.807) is 7.11 Å². The summed E-state index contributed by atoms with van der Waals surface area (Å²) in [6.45, 7) is 2.01. The first-order chi connectivity index (χ1) is 9.15. The van der Waals surface area contributed by atoms with Crippen LogP contribution in [0.4, 0.5) is 5.69 Å². The molecule has 0 bridgehead atoms. The second-order valence-corrected chi connectivity index (χ2v) is 5.65. The fourth-order valence-corrected chi connectivity index (χ4v) is 2.92. The molecule has 2 rings (SSSR count). The van der Waals surface area contributed by atoms with Gasteiger partial charge in [-0.25, -0.2) is 4.21 Å². The van der Waals surface area contributed by atoms with Crippen LogP contribution in [0.5, 0.6) is 5.75 Å². The van der Waals surface area contributed by atoms with E-state index in [4.69, 9.17) is 4.74 Å². The van der Waals surface area contributed by atoms with Crippen LogP contribution >= 0.6 is 0 Å². The zero-order chi connectivity index (χ0) is 13.8. The molecule has 0 fully saturated rings. The van der Waals surface area contributed by atoms with Crippen LogP contribution in [-0.4, -0.2) is 18.4 Å². The van der Waals surface area contributed by atoms with Gasteiger partial charge in [0, 0.05) is 23.7 Å². The fraction of sp³-hybridized carbons (Fsp3) is 0.200. The Bertz CT molecular complexity index is 594. The largest absolute Gasteiger partial charge is 0.495 e. The molecule has 0 amide bonds. The predicted molar refractivity (Wildman–Crippen MR) is 78.4 cm³/mol. The second-order valence-electron chi connectivity index (χ2n) is 4.20. The number of nitrogens with one attached hydrogen (secondary N) is 1. The Labute approximate surface area is 116 Å².